The summed E-state index contributed by atoms with van der Waals surface area (Å²) in [5, 5.41) is 5.51. The Kier molecular flexibility index (Phi) is 5.03. The van der Waals surface area contributed by atoms with Gasteiger partial charge in [0.05, 0.1) is 6.04 Å². The molecule has 0 bridgehead atoms. The topological polar surface area (TPSA) is 68.0 Å². The molecule has 3 rings (SSSR count). The Morgan fingerprint density at radius 2 is 2.22 bits per heavy atom. The summed E-state index contributed by atoms with van der Waals surface area (Å²) in [6.45, 7) is 0.327. The largest absolute Gasteiger partial charge is 0.344 e. The highest BCUT2D eigenvalue weighted by Crippen LogP contribution is 2.36. The summed E-state index contributed by atoms with van der Waals surface area (Å²) in [5.41, 5.74) is 6.75. The summed E-state index contributed by atoms with van der Waals surface area (Å²) in [4.78, 5) is 16.7. The van der Waals surface area contributed by atoms with Crippen LogP contribution in [0.4, 0.5) is 4.39 Å². The zero-order valence-electron chi connectivity index (χ0n) is 12.8. The number of halogens is 1. The van der Waals surface area contributed by atoms with Crippen LogP contribution in [0.15, 0.2) is 29.6 Å². The molecule has 1 fully saturated rings. The zero-order chi connectivity index (χ0) is 16.2. The molecule has 1 saturated carbocycles. The SMILES string of the molecule is NCc1nc(C(=O)NC(c2cccc(F)c2)C2CCCC2)cs1. The third-order valence-electron chi connectivity index (χ3n) is 4.32. The van der Waals surface area contributed by atoms with Gasteiger partial charge in [0.1, 0.15) is 16.5 Å². The first-order chi connectivity index (χ1) is 11.2. The predicted molar refractivity (Wildman–Crippen MR) is 88.6 cm³/mol. The summed E-state index contributed by atoms with van der Waals surface area (Å²) < 4.78 is 13.6. The molecule has 1 unspecified atom stereocenters. The lowest BCUT2D eigenvalue weighted by atomic mass is 9.91. The third-order valence-corrected chi connectivity index (χ3v) is 5.20. The van der Waals surface area contributed by atoms with Crippen molar-refractivity contribution in [1.82, 2.24) is 10.3 Å². The fourth-order valence-corrected chi connectivity index (χ4v) is 3.84. The quantitative estimate of drug-likeness (QED) is 0.881. The number of nitrogens with one attached hydrogen (secondary N) is 1. The Morgan fingerprint density at radius 3 is 2.87 bits per heavy atom. The lowest BCUT2D eigenvalue weighted by Gasteiger charge is -2.25. The van der Waals surface area contributed by atoms with Crippen molar-refractivity contribution in [2.45, 2.75) is 38.3 Å². The molecule has 1 amide bonds. The van der Waals surface area contributed by atoms with Crippen molar-refractivity contribution in [1.29, 1.82) is 0 Å². The molecule has 4 nitrogen and oxygen atoms in total. The van der Waals surface area contributed by atoms with Crippen LogP contribution < -0.4 is 11.1 Å². The number of hydrogen-bond donors (Lipinski definition) is 2. The van der Waals surface area contributed by atoms with E-state index in [-0.39, 0.29) is 17.8 Å². The number of benzene rings is 1. The van der Waals surface area contributed by atoms with Gasteiger partial charge in [-0.2, -0.15) is 0 Å². The second-order valence-corrected chi connectivity index (χ2v) is 6.82. The number of nitrogens with two attached hydrogens (primary N) is 1. The molecule has 0 radical (unpaired) electrons. The number of carbonyl (C=O) groups excluding carboxylic acids is 1. The van der Waals surface area contributed by atoms with Crippen LogP contribution >= 0.6 is 11.3 Å². The minimum atomic E-state index is -0.279. The first-order valence-electron chi connectivity index (χ1n) is 7.88. The monoisotopic (exact) mass is 333 g/mol. The first-order valence-corrected chi connectivity index (χ1v) is 8.76. The molecular formula is C17H20FN3OS. The van der Waals surface area contributed by atoms with E-state index in [1.165, 1.54) is 23.5 Å². The van der Waals surface area contributed by atoms with E-state index in [1.54, 1.807) is 11.4 Å². The highest BCUT2D eigenvalue weighted by Gasteiger charge is 2.28. The second kappa shape index (κ2) is 7.19. The Balaban J connectivity index is 1.82. The third kappa shape index (κ3) is 3.76. The van der Waals surface area contributed by atoms with Crippen LogP contribution in [0.2, 0.25) is 0 Å². The van der Waals surface area contributed by atoms with E-state index >= 15 is 0 Å². The van der Waals surface area contributed by atoms with Gasteiger partial charge in [-0.05, 0) is 36.5 Å². The van der Waals surface area contributed by atoms with Crippen LogP contribution in [0.25, 0.3) is 0 Å². The second-order valence-electron chi connectivity index (χ2n) is 5.88. The van der Waals surface area contributed by atoms with Crippen LogP contribution in [0.5, 0.6) is 0 Å². The summed E-state index contributed by atoms with van der Waals surface area (Å²) in [6, 6.07) is 6.32. The van der Waals surface area contributed by atoms with Gasteiger partial charge in [-0.25, -0.2) is 9.37 Å². The number of hydrogen-bond acceptors (Lipinski definition) is 4. The predicted octanol–water partition coefficient (Wildman–Crippen LogP) is 3.40. The molecule has 1 aliphatic rings. The highest BCUT2D eigenvalue weighted by molar-refractivity contribution is 7.09. The van der Waals surface area contributed by atoms with Crippen molar-refractivity contribution < 1.29 is 9.18 Å². The molecule has 3 N–H and O–H groups in total. The minimum Gasteiger partial charge on any atom is -0.344 e. The number of aromatic nitrogens is 1. The summed E-state index contributed by atoms with van der Waals surface area (Å²) in [7, 11) is 0. The fourth-order valence-electron chi connectivity index (χ4n) is 3.19. The van der Waals surface area contributed by atoms with E-state index in [4.69, 9.17) is 5.73 Å². The van der Waals surface area contributed by atoms with Gasteiger partial charge in [-0.1, -0.05) is 25.0 Å². The normalized spacial score (nSPS) is 16.4. The van der Waals surface area contributed by atoms with Crippen LogP contribution in [-0.2, 0) is 6.54 Å². The maximum atomic E-state index is 13.6. The number of rotatable bonds is 5. The molecule has 1 atom stereocenters. The van der Waals surface area contributed by atoms with E-state index in [0.717, 1.165) is 36.3 Å². The number of amides is 1. The highest BCUT2D eigenvalue weighted by atomic mass is 32.1. The maximum Gasteiger partial charge on any atom is 0.271 e. The molecule has 1 aromatic carbocycles. The van der Waals surface area contributed by atoms with E-state index in [9.17, 15) is 9.18 Å². The Morgan fingerprint density at radius 1 is 1.43 bits per heavy atom. The van der Waals surface area contributed by atoms with Gasteiger partial charge >= 0.3 is 0 Å². The van der Waals surface area contributed by atoms with Gasteiger partial charge in [-0.3, -0.25) is 4.79 Å². The lowest BCUT2D eigenvalue weighted by molar-refractivity contribution is 0.0917. The molecule has 0 aliphatic heterocycles. The van der Waals surface area contributed by atoms with Crippen molar-refractivity contribution in [2.75, 3.05) is 0 Å². The molecule has 0 saturated heterocycles. The van der Waals surface area contributed by atoms with Crippen LogP contribution in [-0.4, -0.2) is 10.9 Å². The van der Waals surface area contributed by atoms with E-state index in [1.807, 2.05) is 6.07 Å². The smallest absolute Gasteiger partial charge is 0.271 e. The Hall–Kier alpha value is -1.79. The number of thiazole rings is 1. The van der Waals surface area contributed by atoms with Crippen LogP contribution in [0.1, 0.15) is 52.8 Å². The lowest BCUT2D eigenvalue weighted by Crippen LogP contribution is -2.33. The first kappa shape index (κ1) is 16.1. The zero-order valence-corrected chi connectivity index (χ0v) is 13.6. The van der Waals surface area contributed by atoms with Gasteiger partial charge in [0.15, 0.2) is 0 Å². The fraction of sp³-hybridized carbons (Fsp3) is 0.412. The van der Waals surface area contributed by atoms with Gasteiger partial charge < -0.3 is 11.1 Å². The molecule has 122 valence electrons. The van der Waals surface area contributed by atoms with Crippen LogP contribution in [0.3, 0.4) is 0 Å². The summed E-state index contributed by atoms with van der Waals surface area (Å²) in [5.74, 6) is -0.158. The van der Waals surface area contributed by atoms with Crippen molar-refractivity contribution in [3.63, 3.8) is 0 Å². The molecule has 23 heavy (non-hydrogen) atoms. The van der Waals surface area contributed by atoms with Crippen molar-refractivity contribution in [3.05, 3.63) is 51.7 Å². The van der Waals surface area contributed by atoms with E-state index < -0.39 is 0 Å². The van der Waals surface area contributed by atoms with Gasteiger partial charge in [-0.15, -0.1) is 11.3 Å². The minimum absolute atomic E-state index is 0.177. The molecule has 1 aromatic heterocycles. The number of carbonyl (C=O) groups is 1. The molecule has 1 aliphatic carbocycles. The molecule has 0 spiro atoms. The molecule has 2 aromatic rings. The molecule has 6 heteroatoms. The van der Waals surface area contributed by atoms with Crippen LogP contribution in [0, 0.1) is 11.7 Å². The van der Waals surface area contributed by atoms with Gasteiger partial charge in [0.2, 0.25) is 0 Å². The molecule has 1 heterocycles. The Labute approximate surface area is 138 Å². The summed E-state index contributed by atoms with van der Waals surface area (Å²) >= 11 is 1.38. The standard InChI is InChI=1S/C17H20FN3OS/c18-13-7-3-6-12(8-13)16(11-4-1-2-5-11)21-17(22)14-10-23-15(9-19)20-14/h3,6-8,10-11,16H,1-2,4-5,9,19H2,(H,21,22). The van der Waals surface area contributed by atoms with Gasteiger partial charge in [0.25, 0.3) is 5.91 Å². The van der Waals surface area contributed by atoms with Crippen molar-refractivity contribution in [3.8, 4) is 0 Å². The van der Waals surface area contributed by atoms with Gasteiger partial charge in [0, 0.05) is 11.9 Å². The average Bonchev–Trinajstić information content (AvgIpc) is 3.23. The summed E-state index contributed by atoms with van der Waals surface area (Å²) in [6.07, 6.45) is 4.40. The molecular weight excluding hydrogens is 313 g/mol. The number of nitrogens with zero attached hydrogens (tertiary/aromatic N) is 1. The maximum absolute atomic E-state index is 13.6. The van der Waals surface area contributed by atoms with E-state index in [2.05, 4.69) is 10.3 Å². The van der Waals surface area contributed by atoms with Crippen molar-refractivity contribution in [2.24, 2.45) is 11.7 Å². The Bertz CT molecular complexity index is 682. The van der Waals surface area contributed by atoms with Crippen molar-refractivity contribution >= 4 is 17.2 Å². The average molecular weight is 333 g/mol. The van der Waals surface area contributed by atoms with E-state index in [0.29, 0.717) is 18.2 Å².